The van der Waals surface area contributed by atoms with Gasteiger partial charge in [-0.1, -0.05) is 76.3 Å². The number of H-pyrrole nitrogens is 1. The Bertz CT molecular complexity index is 1440. The van der Waals surface area contributed by atoms with Gasteiger partial charge in [0.15, 0.2) is 6.10 Å². The number of rotatable bonds is 18. The predicted octanol–water partition coefficient (Wildman–Crippen LogP) is 4.52. The van der Waals surface area contributed by atoms with Crippen molar-refractivity contribution >= 4 is 36.3 Å². The van der Waals surface area contributed by atoms with Gasteiger partial charge in [-0.05, 0) is 36.7 Å². The Morgan fingerprint density at radius 3 is 2.29 bits per heavy atom. The van der Waals surface area contributed by atoms with Crippen LogP contribution in [0.3, 0.4) is 0 Å². The molecule has 3 unspecified atom stereocenters. The number of urea groups is 1. The summed E-state index contributed by atoms with van der Waals surface area (Å²) in [7, 11) is 4.80. The molecule has 0 spiro atoms. The van der Waals surface area contributed by atoms with Crippen molar-refractivity contribution in [2.45, 2.75) is 102 Å². The minimum Gasteiger partial charge on any atom is -0.436 e. The molecule has 4 rings (SSSR count). The van der Waals surface area contributed by atoms with Gasteiger partial charge in [0, 0.05) is 72.1 Å². The highest BCUT2D eigenvalue weighted by molar-refractivity contribution is 5.90. The van der Waals surface area contributed by atoms with Crippen LogP contribution in [0.1, 0.15) is 76.5 Å². The number of aromatic amines is 1. The van der Waals surface area contributed by atoms with Crippen LogP contribution in [0.4, 0.5) is 9.59 Å². The quantitative estimate of drug-likeness (QED) is 0.199. The molecule has 2 aromatic rings. The molecular weight excluding hydrogens is 726 g/mol. The molecule has 5 amide bonds. The highest BCUT2D eigenvalue weighted by atomic mass is 35.5. The highest BCUT2D eigenvalue weighted by Gasteiger charge is 2.37. The summed E-state index contributed by atoms with van der Waals surface area (Å²) in [5.41, 5.74) is 1.44. The van der Waals surface area contributed by atoms with Crippen molar-refractivity contribution in [3.63, 3.8) is 0 Å². The van der Waals surface area contributed by atoms with E-state index in [0.717, 1.165) is 37.7 Å². The number of aromatic nitrogens is 2. The van der Waals surface area contributed by atoms with Crippen LogP contribution >= 0.6 is 12.4 Å². The molecule has 4 atom stereocenters. The molecule has 14 nitrogen and oxygen atoms in total. The molecule has 0 radical (unpaired) electrons. The lowest BCUT2D eigenvalue weighted by atomic mass is 9.83. The summed E-state index contributed by atoms with van der Waals surface area (Å²) in [6.07, 6.45) is 8.39. The maximum absolute atomic E-state index is 14.4. The summed E-state index contributed by atoms with van der Waals surface area (Å²) < 4.78 is 11.3. The Balaban J connectivity index is 0.00000812. The second-order valence-electron chi connectivity index (χ2n) is 15.4. The molecule has 1 saturated carbocycles. The molecule has 1 saturated heterocycles. The fourth-order valence-corrected chi connectivity index (χ4v) is 7.17. The zero-order valence-corrected chi connectivity index (χ0v) is 34.2. The number of aliphatic hydroxyl groups excluding tert-OH is 1. The third-order valence-electron chi connectivity index (χ3n) is 10.7. The number of aliphatic hydroxyl groups is 1. The van der Waals surface area contributed by atoms with E-state index in [4.69, 9.17) is 9.47 Å². The fraction of sp³-hybridized carbons (Fsp3) is 0.675. The molecule has 2 heterocycles. The Hall–Kier alpha value is -3.88. The number of carbonyl (C=O) groups is 4. The Kier molecular flexibility index (Phi) is 19.2. The average Bonchev–Trinajstić information content (AvgIpc) is 3.71. The van der Waals surface area contributed by atoms with Crippen LogP contribution in [-0.4, -0.2) is 143 Å². The summed E-state index contributed by atoms with van der Waals surface area (Å²) in [6, 6.07) is 7.67. The molecule has 2 aliphatic rings. The normalized spacial score (nSPS) is 17.0. The van der Waals surface area contributed by atoms with E-state index in [2.05, 4.69) is 29.1 Å². The second kappa shape index (κ2) is 23.2. The zero-order chi connectivity index (χ0) is 39.0. The Morgan fingerprint density at radius 1 is 0.982 bits per heavy atom. The molecule has 55 heavy (non-hydrogen) atoms. The van der Waals surface area contributed by atoms with Gasteiger partial charge in [0.05, 0.1) is 31.7 Å². The van der Waals surface area contributed by atoms with E-state index in [-0.39, 0.29) is 50.3 Å². The average molecular weight is 790 g/mol. The zero-order valence-electron chi connectivity index (χ0n) is 33.4. The Morgan fingerprint density at radius 2 is 1.65 bits per heavy atom. The van der Waals surface area contributed by atoms with Crippen molar-refractivity contribution in [1.29, 1.82) is 0 Å². The van der Waals surface area contributed by atoms with E-state index in [1.54, 1.807) is 37.1 Å². The van der Waals surface area contributed by atoms with Crippen LogP contribution in [0.15, 0.2) is 42.9 Å². The van der Waals surface area contributed by atoms with Gasteiger partial charge >= 0.3 is 12.1 Å². The van der Waals surface area contributed by atoms with Crippen LogP contribution in [0, 0.1) is 11.8 Å². The van der Waals surface area contributed by atoms with Crippen molar-refractivity contribution in [3.05, 3.63) is 54.1 Å². The number of nitrogens with one attached hydrogen (secondary N) is 2. The number of amides is 5. The lowest BCUT2D eigenvalue weighted by molar-refractivity contribution is -0.146. The van der Waals surface area contributed by atoms with E-state index in [0.29, 0.717) is 56.7 Å². The number of hydrogen-bond acceptors (Lipinski definition) is 8. The third-order valence-corrected chi connectivity index (χ3v) is 10.7. The molecule has 1 aliphatic carbocycles. The minimum atomic E-state index is -1.24. The maximum atomic E-state index is 14.4. The number of hydrogen-bond donors (Lipinski definition) is 3. The number of likely N-dealkylation sites (N-methyl/N-ethyl adjacent to an activating group) is 3. The van der Waals surface area contributed by atoms with E-state index >= 15 is 0 Å². The van der Waals surface area contributed by atoms with Gasteiger partial charge in [0.1, 0.15) is 6.04 Å². The predicted molar refractivity (Wildman–Crippen MR) is 213 cm³/mol. The van der Waals surface area contributed by atoms with Crippen LogP contribution in [-0.2, 0) is 31.9 Å². The van der Waals surface area contributed by atoms with Crippen LogP contribution < -0.4 is 5.32 Å². The molecular formula is C40H64ClN7O7. The van der Waals surface area contributed by atoms with Gasteiger partial charge in [-0.3, -0.25) is 9.59 Å². The van der Waals surface area contributed by atoms with E-state index in [1.165, 1.54) is 22.5 Å². The number of ether oxygens (including phenoxy) is 2. The van der Waals surface area contributed by atoms with Crippen LogP contribution in [0.25, 0.3) is 0 Å². The van der Waals surface area contributed by atoms with Gasteiger partial charge in [0.25, 0.3) is 5.91 Å². The molecule has 3 N–H and O–H groups in total. The third kappa shape index (κ3) is 14.6. The van der Waals surface area contributed by atoms with Crippen LogP contribution in [0.5, 0.6) is 0 Å². The first-order valence-corrected chi connectivity index (χ1v) is 19.7. The van der Waals surface area contributed by atoms with Gasteiger partial charge < -0.3 is 44.5 Å². The summed E-state index contributed by atoms with van der Waals surface area (Å²) in [5.74, 6) is -0.111. The minimum absolute atomic E-state index is 0. The largest absolute Gasteiger partial charge is 0.436 e. The summed E-state index contributed by atoms with van der Waals surface area (Å²) in [4.78, 5) is 68.3. The van der Waals surface area contributed by atoms with E-state index < -0.39 is 36.3 Å². The summed E-state index contributed by atoms with van der Waals surface area (Å²) >= 11 is 0. The number of carbonyl (C=O) groups excluding carboxylic acids is 4. The summed E-state index contributed by atoms with van der Waals surface area (Å²) in [5, 5.41) is 14.6. The number of imidazole rings is 1. The topological polar surface area (TPSA) is 161 Å². The monoisotopic (exact) mass is 789 g/mol. The summed E-state index contributed by atoms with van der Waals surface area (Å²) in [6.45, 7) is 6.67. The molecule has 308 valence electrons. The van der Waals surface area contributed by atoms with E-state index in [9.17, 15) is 24.3 Å². The lowest BCUT2D eigenvalue weighted by Gasteiger charge is -2.34. The first-order chi connectivity index (χ1) is 25.9. The molecule has 2 fully saturated rings. The lowest BCUT2D eigenvalue weighted by Crippen LogP contribution is -2.56. The van der Waals surface area contributed by atoms with Crippen molar-refractivity contribution in [2.24, 2.45) is 11.8 Å². The van der Waals surface area contributed by atoms with Gasteiger partial charge in [-0.25, -0.2) is 14.6 Å². The first kappa shape index (κ1) is 45.5. The SMILES string of the molecule is CC(C)CCC(O)C(CC1CCCCC1)NC(=O)[C@H](Cc1cnc[nH]1)N(C)C(=O)C(Cc1ccccc1)OC(=O)N(C)CCN(C)C(=O)N1CCOCC1.Cl. The number of halogens is 1. The van der Waals surface area contributed by atoms with Crippen molar-refractivity contribution in [2.75, 3.05) is 60.5 Å². The van der Waals surface area contributed by atoms with E-state index in [1.807, 2.05) is 30.3 Å². The molecule has 1 aromatic heterocycles. The maximum Gasteiger partial charge on any atom is 0.410 e. The first-order valence-electron chi connectivity index (χ1n) is 19.7. The van der Waals surface area contributed by atoms with Crippen molar-refractivity contribution < 1.29 is 33.8 Å². The number of nitrogens with zero attached hydrogens (tertiary/aromatic N) is 5. The second-order valence-corrected chi connectivity index (χ2v) is 15.4. The smallest absolute Gasteiger partial charge is 0.410 e. The highest BCUT2D eigenvalue weighted by Crippen LogP contribution is 2.29. The Labute approximate surface area is 333 Å². The molecule has 1 aliphatic heterocycles. The molecule has 0 bridgehead atoms. The van der Waals surface area contributed by atoms with Crippen LogP contribution in [0.2, 0.25) is 0 Å². The van der Waals surface area contributed by atoms with Gasteiger partial charge in [-0.15, -0.1) is 12.4 Å². The van der Waals surface area contributed by atoms with Gasteiger partial charge in [0.2, 0.25) is 5.91 Å². The van der Waals surface area contributed by atoms with Gasteiger partial charge in [-0.2, -0.15) is 0 Å². The number of morpholine rings is 1. The molecule has 1 aromatic carbocycles. The fourth-order valence-electron chi connectivity index (χ4n) is 7.17. The molecule has 15 heteroatoms. The number of benzene rings is 1. The standard InChI is InChI=1S/C40H63N7O7.ClH/c1-29(2)16-17-35(48)33(24-30-12-8-6-9-13-30)43-37(49)34(26-32-27-41-28-42-32)46(5)38(50)36(25-31-14-10-7-11-15-31)54-40(52)45(4)19-18-44(3)39(51)47-20-22-53-23-21-47;/h7,10-11,14-15,27-30,33-36,48H,6,8-9,12-13,16-26H2,1-5H3,(H,41,42)(H,43,49);1H/t33?,34-,35?,36?;/m0./s1. The van der Waals surface area contributed by atoms with Crippen molar-refractivity contribution in [1.82, 2.24) is 34.9 Å². The van der Waals surface area contributed by atoms with Crippen molar-refractivity contribution in [3.8, 4) is 0 Å².